The molecular weight excluding hydrogens is 190 g/mol. The number of unbranched alkanes of at least 4 members (excludes halogenated alkanes) is 2. The lowest BCUT2D eigenvalue weighted by atomic mass is 9.98. The second kappa shape index (κ2) is 9.97. The third kappa shape index (κ3) is 9.73. The van der Waals surface area contributed by atoms with Crippen molar-refractivity contribution in [3.05, 3.63) is 0 Å². The Morgan fingerprint density at radius 2 is 2.07 bits per heavy atom. The summed E-state index contributed by atoms with van der Waals surface area (Å²) in [5.41, 5.74) is 0. The van der Waals surface area contributed by atoms with E-state index in [1.165, 1.54) is 25.7 Å². The van der Waals surface area contributed by atoms with Crippen LogP contribution < -0.4 is 5.32 Å². The summed E-state index contributed by atoms with van der Waals surface area (Å²) in [6.45, 7) is 4.81. The molecule has 90 valence electrons. The van der Waals surface area contributed by atoms with E-state index in [0.29, 0.717) is 18.9 Å². The van der Waals surface area contributed by atoms with Gasteiger partial charge in [-0.05, 0) is 12.3 Å². The van der Waals surface area contributed by atoms with Crippen LogP contribution >= 0.6 is 0 Å². The minimum atomic E-state index is 0.0256. The van der Waals surface area contributed by atoms with Gasteiger partial charge in [0.05, 0.1) is 6.61 Å². The van der Waals surface area contributed by atoms with E-state index in [9.17, 15) is 4.79 Å². The summed E-state index contributed by atoms with van der Waals surface area (Å²) in [6.07, 6.45) is 6.59. The molecule has 0 spiro atoms. The smallest absolute Gasteiger partial charge is 0.220 e. The highest BCUT2D eigenvalue weighted by Crippen LogP contribution is 2.14. The van der Waals surface area contributed by atoms with E-state index in [-0.39, 0.29) is 12.5 Å². The van der Waals surface area contributed by atoms with Crippen molar-refractivity contribution < 1.29 is 9.90 Å². The summed E-state index contributed by atoms with van der Waals surface area (Å²) >= 11 is 0. The van der Waals surface area contributed by atoms with E-state index in [4.69, 9.17) is 5.11 Å². The van der Waals surface area contributed by atoms with Gasteiger partial charge in [0.2, 0.25) is 5.91 Å². The average Bonchev–Trinajstić information content (AvgIpc) is 2.24. The first kappa shape index (κ1) is 14.4. The molecule has 0 fully saturated rings. The van der Waals surface area contributed by atoms with Gasteiger partial charge >= 0.3 is 0 Å². The Hall–Kier alpha value is -0.570. The van der Waals surface area contributed by atoms with Crippen LogP contribution in [0.3, 0.4) is 0 Å². The number of carbonyl (C=O) groups is 1. The van der Waals surface area contributed by atoms with Gasteiger partial charge in [0.1, 0.15) is 0 Å². The molecular formula is C12H25NO2. The molecule has 1 amide bonds. The Balaban J connectivity index is 3.36. The van der Waals surface area contributed by atoms with Gasteiger partial charge in [0, 0.05) is 13.0 Å². The van der Waals surface area contributed by atoms with E-state index in [1.54, 1.807) is 0 Å². The van der Waals surface area contributed by atoms with Gasteiger partial charge in [0.25, 0.3) is 0 Å². The molecule has 0 rings (SSSR count). The van der Waals surface area contributed by atoms with Crippen LogP contribution in [0.25, 0.3) is 0 Å². The van der Waals surface area contributed by atoms with E-state index in [2.05, 4.69) is 19.2 Å². The molecule has 0 saturated carbocycles. The molecule has 3 nitrogen and oxygen atoms in total. The molecule has 0 aliphatic rings. The molecule has 0 aromatic heterocycles. The zero-order chi connectivity index (χ0) is 11.5. The Morgan fingerprint density at radius 1 is 1.33 bits per heavy atom. The summed E-state index contributed by atoms with van der Waals surface area (Å²) in [4.78, 5) is 11.2. The number of hydrogen-bond acceptors (Lipinski definition) is 2. The van der Waals surface area contributed by atoms with E-state index in [0.717, 1.165) is 6.42 Å². The minimum Gasteiger partial charge on any atom is -0.395 e. The molecule has 0 radical (unpaired) electrons. The van der Waals surface area contributed by atoms with Gasteiger partial charge in [-0.15, -0.1) is 0 Å². The van der Waals surface area contributed by atoms with Gasteiger partial charge in [0.15, 0.2) is 0 Å². The summed E-state index contributed by atoms with van der Waals surface area (Å²) in [6, 6.07) is 0. The first-order valence-electron chi connectivity index (χ1n) is 6.08. The lowest BCUT2D eigenvalue weighted by Gasteiger charge is -2.10. The first-order chi connectivity index (χ1) is 7.20. The molecule has 15 heavy (non-hydrogen) atoms. The molecule has 1 atom stereocenters. The quantitative estimate of drug-likeness (QED) is 0.579. The Bertz CT molecular complexity index is 160. The number of nitrogens with one attached hydrogen (secondary N) is 1. The van der Waals surface area contributed by atoms with Gasteiger partial charge < -0.3 is 10.4 Å². The fourth-order valence-corrected chi connectivity index (χ4v) is 1.55. The van der Waals surface area contributed by atoms with Crippen molar-refractivity contribution >= 4 is 5.91 Å². The number of carbonyl (C=O) groups excluding carboxylic acids is 1. The zero-order valence-electron chi connectivity index (χ0n) is 10.1. The summed E-state index contributed by atoms with van der Waals surface area (Å²) in [5, 5.41) is 11.2. The van der Waals surface area contributed by atoms with Crippen molar-refractivity contribution in [2.24, 2.45) is 5.92 Å². The van der Waals surface area contributed by atoms with Crippen molar-refractivity contribution in [2.75, 3.05) is 13.2 Å². The van der Waals surface area contributed by atoms with Crippen molar-refractivity contribution in [3.8, 4) is 0 Å². The summed E-state index contributed by atoms with van der Waals surface area (Å²) < 4.78 is 0. The fraction of sp³-hybridized carbons (Fsp3) is 0.917. The second-order valence-electron chi connectivity index (χ2n) is 4.21. The van der Waals surface area contributed by atoms with Crippen molar-refractivity contribution in [3.63, 3.8) is 0 Å². The Labute approximate surface area is 93.3 Å². The largest absolute Gasteiger partial charge is 0.395 e. The van der Waals surface area contributed by atoms with E-state index in [1.807, 2.05) is 0 Å². The highest BCUT2D eigenvalue weighted by molar-refractivity contribution is 5.75. The predicted octanol–water partition coefficient (Wildman–Crippen LogP) is 2.09. The molecule has 2 N–H and O–H groups in total. The standard InChI is InChI=1S/C12H25NO2/c1-3-4-5-6-11(2)7-8-12(15)13-9-10-14/h11,14H,3-10H2,1-2H3,(H,13,15)/t11-/m1/s1. The third-order valence-electron chi connectivity index (χ3n) is 2.60. The number of aliphatic hydroxyl groups excluding tert-OH is 1. The maximum Gasteiger partial charge on any atom is 0.220 e. The molecule has 0 aromatic rings. The number of hydrogen-bond donors (Lipinski definition) is 2. The van der Waals surface area contributed by atoms with Crippen LogP contribution in [0.5, 0.6) is 0 Å². The highest BCUT2D eigenvalue weighted by atomic mass is 16.3. The second-order valence-corrected chi connectivity index (χ2v) is 4.21. The van der Waals surface area contributed by atoms with Crippen molar-refractivity contribution in [1.82, 2.24) is 5.32 Å². The zero-order valence-corrected chi connectivity index (χ0v) is 10.1. The fourth-order valence-electron chi connectivity index (χ4n) is 1.55. The van der Waals surface area contributed by atoms with Crippen LogP contribution in [0.4, 0.5) is 0 Å². The molecule has 0 bridgehead atoms. The van der Waals surface area contributed by atoms with Crippen LogP contribution in [0.1, 0.15) is 52.4 Å². The maximum atomic E-state index is 11.2. The average molecular weight is 215 g/mol. The summed E-state index contributed by atoms with van der Waals surface area (Å²) in [7, 11) is 0. The Morgan fingerprint density at radius 3 is 2.67 bits per heavy atom. The van der Waals surface area contributed by atoms with Gasteiger partial charge in [-0.25, -0.2) is 0 Å². The minimum absolute atomic E-state index is 0.0256. The molecule has 0 saturated heterocycles. The van der Waals surface area contributed by atoms with E-state index < -0.39 is 0 Å². The lowest BCUT2D eigenvalue weighted by molar-refractivity contribution is -0.121. The molecule has 0 unspecified atom stereocenters. The number of aliphatic hydroxyl groups is 1. The number of rotatable bonds is 9. The topological polar surface area (TPSA) is 49.3 Å². The van der Waals surface area contributed by atoms with Crippen molar-refractivity contribution in [1.29, 1.82) is 0 Å². The van der Waals surface area contributed by atoms with Gasteiger partial charge in [-0.1, -0.05) is 39.5 Å². The van der Waals surface area contributed by atoms with Crippen LogP contribution in [-0.4, -0.2) is 24.2 Å². The van der Waals surface area contributed by atoms with Crippen LogP contribution in [0, 0.1) is 5.92 Å². The predicted molar refractivity (Wildman–Crippen MR) is 62.6 cm³/mol. The Kier molecular flexibility index (Phi) is 9.59. The third-order valence-corrected chi connectivity index (χ3v) is 2.60. The molecule has 3 heteroatoms. The highest BCUT2D eigenvalue weighted by Gasteiger charge is 2.05. The molecule has 0 heterocycles. The molecule has 0 aliphatic carbocycles. The van der Waals surface area contributed by atoms with Gasteiger partial charge in [-0.2, -0.15) is 0 Å². The van der Waals surface area contributed by atoms with Crippen LogP contribution in [0.15, 0.2) is 0 Å². The number of amides is 1. The van der Waals surface area contributed by atoms with Gasteiger partial charge in [-0.3, -0.25) is 4.79 Å². The maximum absolute atomic E-state index is 11.2. The van der Waals surface area contributed by atoms with Crippen molar-refractivity contribution in [2.45, 2.75) is 52.4 Å². The van der Waals surface area contributed by atoms with E-state index >= 15 is 0 Å². The van der Waals surface area contributed by atoms with Crippen LogP contribution in [0.2, 0.25) is 0 Å². The normalized spacial score (nSPS) is 12.5. The van der Waals surface area contributed by atoms with Crippen LogP contribution in [-0.2, 0) is 4.79 Å². The summed E-state index contributed by atoms with van der Waals surface area (Å²) in [5.74, 6) is 0.697. The monoisotopic (exact) mass is 215 g/mol. The molecule has 0 aliphatic heterocycles. The SMILES string of the molecule is CCCCC[C@@H](C)CCC(=O)NCCO. The lowest BCUT2D eigenvalue weighted by Crippen LogP contribution is -2.26. The first-order valence-corrected chi connectivity index (χ1v) is 6.08. The molecule has 0 aromatic carbocycles.